The Hall–Kier alpha value is -0.900. The molecule has 0 saturated heterocycles. The Bertz CT molecular complexity index is 514. The van der Waals surface area contributed by atoms with E-state index in [9.17, 15) is 0 Å². The van der Waals surface area contributed by atoms with Crippen LogP contribution >= 0.6 is 22.9 Å². The first-order valence-corrected chi connectivity index (χ1v) is 6.44. The molecule has 1 aliphatic carbocycles. The predicted octanol–water partition coefficient (Wildman–Crippen LogP) is 3.41. The van der Waals surface area contributed by atoms with Gasteiger partial charge in [-0.05, 0) is 25.0 Å². The van der Waals surface area contributed by atoms with Crippen molar-refractivity contribution >= 4 is 22.9 Å². The Balaban J connectivity index is 1.95. The van der Waals surface area contributed by atoms with Gasteiger partial charge in [0, 0.05) is 16.0 Å². The monoisotopic (exact) mass is 250 g/mol. The second kappa shape index (κ2) is 3.55. The van der Waals surface area contributed by atoms with Crippen molar-refractivity contribution in [2.75, 3.05) is 0 Å². The molecule has 2 nitrogen and oxygen atoms in total. The summed E-state index contributed by atoms with van der Waals surface area (Å²) in [6, 6.07) is 7.73. The lowest BCUT2D eigenvalue weighted by Gasteiger charge is -2.01. The van der Waals surface area contributed by atoms with Crippen LogP contribution in [0.15, 0.2) is 29.6 Å². The summed E-state index contributed by atoms with van der Waals surface area (Å²) in [6.45, 7) is 0. The summed E-state index contributed by atoms with van der Waals surface area (Å²) in [5, 5.41) is 3.86. The minimum absolute atomic E-state index is 0.130. The normalized spacial score (nSPS) is 17.4. The average molecular weight is 251 g/mol. The first-order valence-electron chi connectivity index (χ1n) is 5.18. The highest BCUT2D eigenvalue weighted by Crippen LogP contribution is 2.44. The second-order valence-corrected chi connectivity index (χ2v) is 5.50. The first kappa shape index (κ1) is 10.3. The summed E-state index contributed by atoms with van der Waals surface area (Å²) in [4.78, 5) is 4.59. The minimum Gasteiger partial charge on any atom is -0.319 e. The van der Waals surface area contributed by atoms with E-state index in [1.807, 2.05) is 24.3 Å². The van der Waals surface area contributed by atoms with E-state index in [4.69, 9.17) is 17.3 Å². The first-order chi connectivity index (χ1) is 7.67. The molecule has 0 radical (unpaired) electrons. The average Bonchev–Trinajstić information content (AvgIpc) is 2.84. The number of benzene rings is 1. The summed E-state index contributed by atoms with van der Waals surface area (Å²) in [5.74, 6) is 0. The molecule has 1 aromatic carbocycles. The van der Waals surface area contributed by atoms with E-state index in [1.54, 1.807) is 11.3 Å². The SMILES string of the molecule is NC1(c2nc(-c3ccc(Cl)cc3)cs2)CC1. The number of rotatable bonds is 2. The maximum Gasteiger partial charge on any atom is 0.113 e. The Morgan fingerprint density at radius 2 is 1.94 bits per heavy atom. The largest absolute Gasteiger partial charge is 0.319 e. The van der Waals surface area contributed by atoms with Crippen LogP contribution in [0.4, 0.5) is 0 Å². The highest BCUT2D eigenvalue weighted by atomic mass is 35.5. The maximum absolute atomic E-state index is 6.11. The van der Waals surface area contributed by atoms with Crippen molar-refractivity contribution in [3.05, 3.63) is 39.7 Å². The second-order valence-electron chi connectivity index (χ2n) is 4.20. The van der Waals surface area contributed by atoms with Gasteiger partial charge >= 0.3 is 0 Å². The Morgan fingerprint density at radius 1 is 1.25 bits per heavy atom. The van der Waals surface area contributed by atoms with Gasteiger partial charge in [-0.15, -0.1) is 11.3 Å². The van der Waals surface area contributed by atoms with Crippen LogP contribution in [0.5, 0.6) is 0 Å². The van der Waals surface area contributed by atoms with Gasteiger partial charge in [0.1, 0.15) is 5.01 Å². The van der Waals surface area contributed by atoms with Crippen molar-refractivity contribution in [2.24, 2.45) is 5.73 Å². The molecule has 82 valence electrons. The summed E-state index contributed by atoms with van der Waals surface area (Å²) < 4.78 is 0. The molecule has 1 aliphatic rings. The molecule has 1 heterocycles. The Morgan fingerprint density at radius 3 is 2.56 bits per heavy atom. The fourth-order valence-corrected chi connectivity index (χ4v) is 2.73. The number of hydrogen-bond acceptors (Lipinski definition) is 3. The van der Waals surface area contributed by atoms with E-state index in [-0.39, 0.29) is 5.54 Å². The molecule has 1 fully saturated rings. The molecule has 0 amide bonds. The molecule has 4 heteroatoms. The van der Waals surface area contributed by atoms with Gasteiger partial charge in [-0.1, -0.05) is 23.7 Å². The zero-order valence-corrected chi connectivity index (χ0v) is 10.2. The van der Waals surface area contributed by atoms with Crippen molar-refractivity contribution in [1.82, 2.24) is 4.98 Å². The van der Waals surface area contributed by atoms with Crippen LogP contribution in [-0.4, -0.2) is 4.98 Å². The van der Waals surface area contributed by atoms with Gasteiger partial charge in [-0.25, -0.2) is 4.98 Å². The number of halogens is 1. The zero-order valence-electron chi connectivity index (χ0n) is 8.61. The quantitative estimate of drug-likeness (QED) is 0.887. The highest BCUT2D eigenvalue weighted by Gasteiger charge is 2.42. The number of thiazole rings is 1. The van der Waals surface area contributed by atoms with E-state index >= 15 is 0 Å². The topological polar surface area (TPSA) is 38.9 Å². The maximum atomic E-state index is 6.11. The van der Waals surface area contributed by atoms with Crippen molar-refractivity contribution in [1.29, 1.82) is 0 Å². The summed E-state index contributed by atoms with van der Waals surface area (Å²) in [5.41, 5.74) is 8.07. The molecule has 0 atom stereocenters. The third-order valence-electron chi connectivity index (χ3n) is 2.86. The van der Waals surface area contributed by atoms with Crippen molar-refractivity contribution in [2.45, 2.75) is 18.4 Å². The molecule has 0 aliphatic heterocycles. The van der Waals surface area contributed by atoms with Crippen LogP contribution in [0.2, 0.25) is 5.02 Å². The number of nitrogens with two attached hydrogens (primary N) is 1. The minimum atomic E-state index is -0.130. The van der Waals surface area contributed by atoms with Crippen LogP contribution < -0.4 is 5.73 Å². The van der Waals surface area contributed by atoms with Crippen molar-refractivity contribution in [3.63, 3.8) is 0 Å². The van der Waals surface area contributed by atoms with Crippen molar-refractivity contribution < 1.29 is 0 Å². The standard InChI is InChI=1S/C12H11ClN2S/c13-9-3-1-8(2-4-9)10-7-16-11(15-10)12(14)5-6-12/h1-4,7H,5-6,14H2. The summed E-state index contributed by atoms with van der Waals surface area (Å²) in [6.07, 6.45) is 2.11. The van der Waals surface area contributed by atoms with Crippen LogP contribution in [0.25, 0.3) is 11.3 Å². The fraction of sp³-hybridized carbons (Fsp3) is 0.250. The van der Waals surface area contributed by atoms with Gasteiger partial charge in [-0.3, -0.25) is 0 Å². The van der Waals surface area contributed by atoms with E-state index in [0.29, 0.717) is 0 Å². The summed E-state index contributed by atoms with van der Waals surface area (Å²) in [7, 11) is 0. The van der Waals surface area contributed by atoms with Gasteiger partial charge in [0.05, 0.1) is 11.2 Å². The molecular formula is C12H11ClN2S. The molecule has 1 saturated carbocycles. The van der Waals surface area contributed by atoms with Gasteiger partial charge in [0.2, 0.25) is 0 Å². The van der Waals surface area contributed by atoms with Gasteiger partial charge < -0.3 is 5.73 Å². The Kier molecular flexibility index (Phi) is 2.28. The smallest absolute Gasteiger partial charge is 0.113 e. The predicted molar refractivity (Wildman–Crippen MR) is 67.7 cm³/mol. The number of aromatic nitrogens is 1. The summed E-state index contributed by atoms with van der Waals surface area (Å²) >= 11 is 7.50. The third kappa shape index (κ3) is 1.75. The van der Waals surface area contributed by atoms with Crippen molar-refractivity contribution in [3.8, 4) is 11.3 Å². The van der Waals surface area contributed by atoms with E-state index in [1.165, 1.54) is 0 Å². The highest BCUT2D eigenvalue weighted by molar-refractivity contribution is 7.10. The van der Waals surface area contributed by atoms with Crippen LogP contribution in [0, 0.1) is 0 Å². The third-order valence-corrected chi connectivity index (χ3v) is 4.17. The van der Waals surface area contributed by atoms with Gasteiger partial charge in [0.25, 0.3) is 0 Å². The van der Waals surface area contributed by atoms with E-state index < -0.39 is 0 Å². The Labute approximate surface area is 103 Å². The molecular weight excluding hydrogens is 240 g/mol. The molecule has 3 rings (SSSR count). The van der Waals surface area contributed by atoms with Crippen LogP contribution in [-0.2, 0) is 5.54 Å². The molecule has 16 heavy (non-hydrogen) atoms. The lowest BCUT2D eigenvalue weighted by Crippen LogP contribution is -2.18. The molecule has 1 aromatic heterocycles. The number of hydrogen-bond donors (Lipinski definition) is 1. The molecule has 2 aromatic rings. The number of nitrogens with zero attached hydrogens (tertiary/aromatic N) is 1. The molecule has 0 bridgehead atoms. The molecule has 2 N–H and O–H groups in total. The van der Waals surface area contributed by atoms with Crippen LogP contribution in [0.1, 0.15) is 17.8 Å². The lowest BCUT2D eigenvalue weighted by atomic mass is 10.2. The molecule has 0 spiro atoms. The zero-order chi connectivity index (χ0) is 11.2. The van der Waals surface area contributed by atoms with E-state index in [2.05, 4.69) is 10.4 Å². The van der Waals surface area contributed by atoms with Crippen LogP contribution in [0.3, 0.4) is 0 Å². The fourth-order valence-electron chi connectivity index (χ4n) is 1.60. The van der Waals surface area contributed by atoms with E-state index in [0.717, 1.165) is 34.1 Å². The van der Waals surface area contributed by atoms with Gasteiger partial charge in [-0.2, -0.15) is 0 Å². The molecule has 0 unspecified atom stereocenters. The van der Waals surface area contributed by atoms with Gasteiger partial charge in [0.15, 0.2) is 0 Å². The lowest BCUT2D eigenvalue weighted by molar-refractivity contribution is 0.732.